The van der Waals surface area contributed by atoms with E-state index in [9.17, 15) is 0 Å². The van der Waals surface area contributed by atoms with Crippen molar-refractivity contribution < 1.29 is 4.74 Å². The van der Waals surface area contributed by atoms with Crippen LogP contribution in [0.25, 0.3) is 0 Å². The summed E-state index contributed by atoms with van der Waals surface area (Å²) in [5, 5.41) is 0. The number of ether oxygens (including phenoxy) is 1. The van der Waals surface area contributed by atoms with Gasteiger partial charge < -0.3 is 9.64 Å². The lowest BCUT2D eigenvalue weighted by molar-refractivity contribution is 0.110. The maximum atomic E-state index is 5.54. The van der Waals surface area contributed by atoms with E-state index in [0.29, 0.717) is 0 Å². The number of piperidine rings is 1. The minimum atomic E-state index is -0.298. The van der Waals surface area contributed by atoms with Crippen molar-refractivity contribution in [2.75, 3.05) is 33.4 Å². The van der Waals surface area contributed by atoms with E-state index < -0.39 is 0 Å². The van der Waals surface area contributed by atoms with Crippen LogP contribution in [0.2, 0.25) is 0 Å². The molecule has 0 saturated carbocycles. The van der Waals surface area contributed by atoms with Crippen LogP contribution in [0.4, 0.5) is 0 Å². The molecule has 4 aromatic rings. The lowest BCUT2D eigenvalue weighted by Gasteiger charge is -2.44. The molecule has 0 spiro atoms. The minimum Gasteiger partial charge on any atom is -0.385 e. The van der Waals surface area contributed by atoms with Crippen LogP contribution >= 0.6 is 0 Å². The summed E-state index contributed by atoms with van der Waals surface area (Å²) in [5.74, 6) is 0. The van der Waals surface area contributed by atoms with Crippen molar-refractivity contribution >= 4 is 0 Å². The summed E-state index contributed by atoms with van der Waals surface area (Å²) < 4.78 is 5.54. The largest absolute Gasteiger partial charge is 0.385 e. The second kappa shape index (κ2) is 11.9. The van der Waals surface area contributed by atoms with Crippen molar-refractivity contribution in [3.8, 4) is 0 Å². The summed E-state index contributed by atoms with van der Waals surface area (Å²) in [4.78, 5) is 7.60. The van der Waals surface area contributed by atoms with Gasteiger partial charge in [-0.25, -0.2) is 0 Å². The van der Waals surface area contributed by atoms with Crippen molar-refractivity contribution in [1.29, 1.82) is 0 Å². The van der Waals surface area contributed by atoms with Gasteiger partial charge in [-0.3, -0.25) is 4.98 Å². The lowest BCUT2D eigenvalue weighted by atomic mass is 9.68. The zero-order valence-electron chi connectivity index (χ0n) is 21.9. The van der Waals surface area contributed by atoms with Crippen molar-refractivity contribution in [1.82, 2.24) is 9.88 Å². The third kappa shape index (κ3) is 5.39. The van der Waals surface area contributed by atoms with Crippen LogP contribution < -0.4 is 0 Å². The van der Waals surface area contributed by atoms with Crippen molar-refractivity contribution in [2.24, 2.45) is 0 Å². The summed E-state index contributed by atoms with van der Waals surface area (Å²) in [6.45, 7) is 4.02. The van der Waals surface area contributed by atoms with Crippen LogP contribution in [0.5, 0.6) is 0 Å². The predicted molar refractivity (Wildman–Crippen MR) is 152 cm³/mol. The Balaban J connectivity index is 1.42. The van der Waals surface area contributed by atoms with E-state index in [1.165, 1.54) is 16.7 Å². The predicted octanol–water partition coefficient (Wildman–Crippen LogP) is 6.88. The summed E-state index contributed by atoms with van der Waals surface area (Å²) in [6, 6.07) is 39.3. The van der Waals surface area contributed by atoms with Crippen LogP contribution in [-0.2, 0) is 15.6 Å². The fourth-order valence-electron chi connectivity index (χ4n) is 6.24. The molecule has 1 fully saturated rings. The molecule has 37 heavy (non-hydrogen) atoms. The SMILES string of the molecule is COCCC1(c2ccccc2)CCN(CCC(c2ccccc2)(c2ccccc2)c2ccccn2)CC1. The molecule has 0 bridgehead atoms. The Morgan fingerprint density at radius 2 is 1.32 bits per heavy atom. The van der Waals surface area contributed by atoms with Gasteiger partial charge in [0.1, 0.15) is 0 Å². The van der Waals surface area contributed by atoms with E-state index in [0.717, 1.165) is 57.6 Å². The Morgan fingerprint density at radius 3 is 1.86 bits per heavy atom. The molecule has 0 amide bonds. The monoisotopic (exact) mass is 490 g/mol. The van der Waals surface area contributed by atoms with Gasteiger partial charge in [-0.1, -0.05) is 97.1 Å². The first-order valence-electron chi connectivity index (χ1n) is 13.6. The van der Waals surface area contributed by atoms with E-state index in [1.54, 1.807) is 0 Å². The zero-order chi connectivity index (χ0) is 25.4. The van der Waals surface area contributed by atoms with Gasteiger partial charge in [-0.15, -0.1) is 0 Å². The highest BCUT2D eigenvalue weighted by Gasteiger charge is 2.40. The summed E-state index contributed by atoms with van der Waals surface area (Å²) in [5.41, 5.74) is 5.08. The Bertz CT molecular complexity index is 1110. The lowest BCUT2D eigenvalue weighted by Crippen LogP contribution is -2.45. The molecule has 0 atom stereocenters. The van der Waals surface area contributed by atoms with Crippen LogP contribution in [0, 0.1) is 0 Å². The number of benzene rings is 3. The quantitative estimate of drug-likeness (QED) is 0.242. The van der Waals surface area contributed by atoms with E-state index in [2.05, 4.69) is 108 Å². The topological polar surface area (TPSA) is 25.4 Å². The summed E-state index contributed by atoms with van der Waals surface area (Å²) in [6.07, 6.45) is 6.31. The van der Waals surface area contributed by atoms with Gasteiger partial charge in [0.25, 0.3) is 0 Å². The van der Waals surface area contributed by atoms with Gasteiger partial charge in [0.2, 0.25) is 0 Å². The molecule has 3 heteroatoms. The summed E-state index contributed by atoms with van der Waals surface area (Å²) >= 11 is 0. The van der Waals surface area contributed by atoms with Crippen LogP contribution in [-0.4, -0.2) is 43.2 Å². The third-order valence-electron chi connectivity index (χ3n) is 8.42. The minimum absolute atomic E-state index is 0.199. The Morgan fingerprint density at radius 1 is 0.757 bits per heavy atom. The molecule has 1 aromatic heterocycles. The van der Waals surface area contributed by atoms with Gasteiger partial charge in [-0.05, 0) is 79.6 Å². The van der Waals surface area contributed by atoms with E-state index in [4.69, 9.17) is 9.72 Å². The van der Waals surface area contributed by atoms with E-state index >= 15 is 0 Å². The van der Waals surface area contributed by atoms with Gasteiger partial charge in [0.05, 0.1) is 11.1 Å². The number of methoxy groups -OCH3 is 1. The molecule has 0 N–H and O–H groups in total. The van der Waals surface area contributed by atoms with Crippen LogP contribution in [0.1, 0.15) is 48.1 Å². The fraction of sp³-hybridized carbons (Fsp3) is 0.324. The van der Waals surface area contributed by atoms with Crippen molar-refractivity contribution in [3.63, 3.8) is 0 Å². The van der Waals surface area contributed by atoms with Gasteiger partial charge in [0.15, 0.2) is 0 Å². The van der Waals surface area contributed by atoms with Crippen molar-refractivity contribution in [3.05, 3.63) is 138 Å². The van der Waals surface area contributed by atoms with Gasteiger partial charge >= 0.3 is 0 Å². The molecule has 190 valence electrons. The third-order valence-corrected chi connectivity index (χ3v) is 8.42. The normalized spacial score (nSPS) is 15.9. The number of aromatic nitrogens is 1. The standard InChI is InChI=1S/C34H38N2O/c1-37-28-23-33(29-13-5-2-6-14-29)20-25-36(26-21-33)27-22-34(30-15-7-3-8-16-30,31-17-9-4-10-18-31)32-19-11-12-24-35-32/h2-19,24H,20-23,25-28H2,1H3. The Labute approximate surface area is 222 Å². The van der Waals surface area contributed by atoms with Crippen molar-refractivity contribution in [2.45, 2.75) is 36.5 Å². The van der Waals surface area contributed by atoms with E-state index in [1.807, 2.05) is 19.4 Å². The molecule has 1 aliphatic rings. The number of hydrogen-bond acceptors (Lipinski definition) is 3. The number of nitrogens with zero attached hydrogens (tertiary/aromatic N) is 2. The highest BCUT2D eigenvalue weighted by molar-refractivity contribution is 5.48. The first-order chi connectivity index (χ1) is 18.3. The molecule has 0 unspecified atom stereocenters. The molecular weight excluding hydrogens is 452 g/mol. The molecule has 3 nitrogen and oxygen atoms in total. The smallest absolute Gasteiger partial charge is 0.0635 e. The highest BCUT2D eigenvalue weighted by atomic mass is 16.5. The number of pyridine rings is 1. The average Bonchev–Trinajstić information content (AvgIpc) is 2.99. The fourth-order valence-corrected chi connectivity index (χ4v) is 6.24. The maximum Gasteiger partial charge on any atom is 0.0635 e. The average molecular weight is 491 g/mol. The number of hydrogen-bond donors (Lipinski definition) is 0. The summed E-state index contributed by atoms with van der Waals surface area (Å²) in [7, 11) is 1.82. The first kappa shape index (κ1) is 25.4. The van der Waals surface area contributed by atoms with Gasteiger partial charge in [0, 0.05) is 19.9 Å². The second-order valence-electron chi connectivity index (χ2n) is 10.3. The Kier molecular flexibility index (Phi) is 8.13. The molecule has 0 radical (unpaired) electrons. The Hall–Kier alpha value is -3.27. The van der Waals surface area contributed by atoms with Crippen LogP contribution in [0.15, 0.2) is 115 Å². The molecule has 3 aromatic carbocycles. The molecule has 1 aliphatic heterocycles. The molecule has 2 heterocycles. The maximum absolute atomic E-state index is 5.54. The van der Waals surface area contributed by atoms with E-state index in [-0.39, 0.29) is 10.8 Å². The number of likely N-dealkylation sites (tertiary alicyclic amines) is 1. The van der Waals surface area contributed by atoms with Crippen LogP contribution in [0.3, 0.4) is 0 Å². The molecular formula is C34H38N2O. The van der Waals surface area contributed by atoms with Gasteiger partial charge in [-0.2, -0.15) is 0 Å². The second-order valence-corrected chi connectivity index (χ2v) is 10.3. The molecule has 5 rings (SSSR count). The molecule has 1 saturated heterocycles. The molecule has 0 aliphatic carbocycles. The number of rotatable bonds is 10. The highest BCUT2D eigenvalue weighted by Crippen LogP contribution is 2.43. The zero-order valence-corrected chi connectivity index (χ0v) is 21.9. The first-order valence-corrected chi connectivity index (χ1v) is 13.6.